The van der Waals surface area contributed by atoms with Crippen LogP contribution in [0.25, 0.3) is 10.8 Å². The topological polar surface area (TPSA) is 30.5 Å². The predicted molar refractivity (Wildman–Crippen MR) is 88.9 cm³/mol. The molecule has 0 spiro atoms. The minimum Gasteiger partial charge on any atom is -0.491 e. The van der Waals surface area contributed by atoms with Gasteiger partial charge in [0.15, 0.2) is 0 Å². The van der Waals surface area contributed by atoms with E-state index in [0.717, 1.165) is 36.5 Å². The lowest BCUT2D eigenvalue weighted by Gasteiger charge is -2.12. The first-order chi connectivity index (χ1) is 10.3. The molecule has 1 atom stereocenters. The van der Waals surface area contributed by atoms with Crippen LogP contribution in [0.5, 0.6) is 5.75 Å². The second-order valence-electron chi connectivity index (χ2n) is 5.38. The van der Waals surface area contributed by atoms with Crippen molar-refractivity contribution in [2.24, 2.45) is 5.92 Å². The van der Waals surface area contributed by atoms with E-state index in [0.29, 0.717) is 12.5 Å². The molecule has 1 fully saturated rings. The molecule has 1 unspecified atom stereocenters. The summed E-state index contributed by atoms with van der Waals surface area (Å²) in [5.41, 5.74) is 0. The van der Waals surface area contributed by atoms with Crippen molar-refractivity contribution in [2.75, 3.05) is 32.9 Å². The van der Waals surface area contributed by atoms with Crippen molar-refractivity contribution in [3.8, 4) is 5.75 Å². The molecular formula is C17H20BrNO2. The second kappa shape index (κ2) is 7.25. The highest BCUT2D eigenvalue weighted by Gasteiger charge is 2.14. The van der Waals surface area contributed by atoms with Crippen LogP contribution in [0.1, 0.15) is 6.42 Å². The van der Waals surface area contributed by atoms with Crippen LogP contribution in [0, 0.1) is 5.92 Å². The van der Waals surface area contributed by atoms with Gasteiger partial charge in [-0.1, -0.05) is 30.3 Å². The van der Waals surface area contributed by atoms with Gasteiger partial charge in [0.2, 0.25) is 0 Å². The van der Waals surface area contributed by atoms with Crippen molar-refractivity contribution >= 4 is 26.7 Å². The molecule has 0 saturated carbocycles. The van der Waals surface area contributed by atoms with Crippen LogP contribution in [-0.2, 0) is 4.74 Å². The van der Waals surface area contributed by atoms with Gasteiger partial charge in [-0.3, -0.25) is 0 Å². The predicted octanol–water partition coefficient (Wildman–Crippen LogP) is 3.61. The Hall–Kier alpha value is -1.10. The Kier molecular flexibility index (Phi) is 5.12. The molecule has 0 amide bonds. The highest BCUT2D eigenvalue weighted by atomic mass is 79.9. The molecule has 0 radical (unpaired) electrons. The smallest absolute Gasteiger partial charge is 0.134 e. The monoisotopic (exact) mass is 349 g/mol. The normalized spacial score (nSPS) is 18.2. The SMILES string of the molecule is Brc1c(OCCNCC2CCOC2)ccc2ccccc12. The standard InChI is InChI=1S/C17H20BrNO2/c18-17-15-4-2-1-3-14(15)5-6-16(17)21-10-8-19-11-13-7-9-20-12-13/h1-6,13,19H,7-12H2. The fraction of sp³-hybridized carbons (Fsp3) is 0.412. The summed E-state index contributed by atoms with van der Waals surface area (Å²) < 4.78 is 12.3. The van der Waals surface area contributed by atoms with Crippen molar-refractivity contribution in [1.82, 2.24) is 5.32 Å². The molecule has 112 valence electrons. The fourth-order valence-electron chi connectivity index (χ4n) is 2.61. The highest BCUT2D eigenvalue weighted by Crippen LogP contribution is 2.32. The number of nitrogens with one attached hydrogen (secondary N) is 1. The van der Waals surface area contributed by atoms with Gasteiger partial charge in [-0.2, -0.15) is 0 Å². The Bertz CT molecular complexity index is 596. The van der Waals surface area contributed by atoms with Gasteiger partial charge in [-0.25, -0.2) is 0 Å². The summed E-state index contributed by atoms with van der Waals surface area (Å²) in [5.74, 6) is 1.57. The average Bonchev–Trinajstić information content (AvgIpc) is 3.03. The van der Waals surface area contributed by atoms with Gasteiger partial charge in [0.1, 0.15) is 12.4 Å². The summed E-state index contributed by atoms with van der Waals surface area (Å²) in [6.07, 6.45) is 1.17. The molecule has 1 heterocycles. The number of fused-ring (bicyclic) bond motifs is 1. The maximum absolute atomic E-state index is 5.87. The third-order valence-electron chi connectivity index (χ3n) is 3.82. The summed E-state index contributed by atoms with van der Waals surface area (Å²) >= 11 is 3.64. The first-order valence-corrected chi connectivity index (χ1v) is 8.22. The molecule has 3 rings (SSSR count). The maximum atomic E-state index is 5.87. The highest BCUT2D eigenvalue weighted by molar-refractivity contribution is 9.10. The van der Waals surface area contributed by atoms with Crippen LogP contribution in [0.4, 0.5) is 0 Å². The van der Waals surface area contributed by atoms with E-state index in [4.69, 9.17) is 9.47 Å². The Morgan fingerprint density at radius 3 is 3.00 bits per heavy atom. The van der Waals surface area contributed by atoms with Crippen LogP contribution in [-0.4, -0.2) is 32.9 Å². The van der Waals surface area contributed by atoms with Crippen molar-refractivity contribution in [2.45, 2.75) is 6.42 Å². The molecule has 1 saturated heterocycles. The van der Waals surface area contributed by atoms with Gasteiger partial charge in [0.25, 0.3) is 0 Å². The zero-order valence-electron chi connectivity index (χ0n) is 12.0. The number of benzene rings is 2. The summed E-state index contributed by atoms with van der Waals surface area (Å²) in [4.78, 5) is 0. The molecule has 0 aromatic heterocycles. The van der Waals surface area contributed by atoms with Crippen LogP contribution in [0.2, 0.25) is 0 Å². The van der Waals surface area contributed by atoms with E-state index in [9.17, 15) is 0 Å². The largest absolute Gasteiger partial charge is 0.491 e. The first kappa shape index (κ1) is 14.8. The minimum absolute atomic E-state index is 0.664. The van der Waals surface area contributed by atoms with E-state index in [-0.39, 0.29) is 0 Å². The molecule has 1 N–H and O–H groups in total. The van der Waals surface area contributed by atoms with Crippen LogP contribution < -0.4 is 10.1 Å². The number of ether oxygens (including phenoxy) is 2. The lowest BCUT2D eigenvalue weighted by atomic mass is 10.1. The van der Waals surface area contributed by atoms with Gasteiger partial charge >= 0.3 is 0 Å². The molecule has 4 heteroatoms. The Morgan fingerprint density at radius 2 is 2.14 bits per heavy atom. The zero-order valence-corrected chi connectivity index (χ0v) is 13.6. The van der Waals surface area contributed by atoms with E-state index in [1.807, 2.05) is 18.2 Å². The van der Waals surface area contributed by atoms with Gasteiger partial charge < -0.3 is 14.8 Å². The van der Waals surface area contributed by atoms with Crippen LogP contribution in [0.15, 0.2) is 40.9 Å². The Morgan fingerprint density at radius 1 is 1.24 bits per heavy atom. The number of hydrogen-bond donors (Lipinski definition) is 1. The molecule has 0 bridgehead atoms. The number of rotatable bonds is 6. The quantitative estimate of drug-likeness (QED) is 0.808. The second-order valence-corrected chi connectivity index (χ2v) is 6.17. The third-order valence-corrected chi connectivity index (χ3v) is 4.64. The Balaban J connectivity index is 1.49. The van der Waals surface area contributed by atoms with Crippen molar-refractivity contribution in [3.63, 3.8) is 0 Å². The van der Waals surface area contributed by atoms with Gasteiger partial charge in [0, 0.05) is 19.7 Å². The van der Waals surface area contributed by atoms with Crippen molar-refractivity contribution < 1.29 is 9.47 Å². The molecule has 21 heavy (non-hydrogen) atoms. The summed E-state index contributed by atoms with van der Waals surface area (Å²) in [6.45, 7) is 4.35. The van der Waals surface area contributed by atoms with E-state index in [2.05, 4.69) is 39.4 Å². The molecule has 0 aliphatic carbocycles. The minimum atomic E-state index is 0.664. The fourth-order valence-corrected chi connectivity index (χ4v) is 3.22. The molecule has 1 aliphatic heterocycles. The van der Waals surface area contributed by atoms with Gasteiger partial charge in [-0.15, -0.1) is 0 Å². The lowest BCUT2D eigenvalue weighted by Crippen LogP contribution is -2.27. The zero-order chi connectivity index (χ0) is 14.5. The molecule has 1 aliphatic rings. The van der Waals surface area contributed by atoms with E-state index in [1.54, 1.807) is 0 Å². The van der Waals surface area contributed by atoms with Crippen molar-refractivity contribution in [3.05, 3.63) is 40.9 Å². The van der Waals surface area contributed by atoms with E-state index in [1.165, 1.54) is 17.2 Å². The summed E-state index contributed by atoms with van der Waals surface area (Å²) in [7, 11) is 0. The molecule has 2 aromatic rings. The molecule has 3 nitrogen and oxygen atoms in total. The van der Waals surface area contributed by atoms with E-state index < -0.39 is 0 Å². The Labute approximate surface area is 133 Å². The molecule has 2 aromatic carbocycles. The third kappa shape index (κ3) is 3.76. The lowest BCUT2D eigenvalue weighted by molar-refractivity contribution is 0.185. The van der Waals surface area contributed by atoms with Gasteiger partial charge in [-0.05, 0) is 45.1 Å². The summed E-state index contributed by atoms with van der Waals surface area (Å²) in [5, 5.41) is 5.84. The van der Waals surface area contributed by atoms with Crippen LogP contribution in [0.3, 0.4) is 0 Å². The average molecular weight is 350 g/mol. The van der Waals surface area contributed by atoms with E-state index >= 15 is 0 Å². The van der Waals surface area contributed by atoms with Crippen LogP contribution >= 0.6 is 15.9 Å². The van der Waals surface area contributed by atoms with Gasteiger partial charge in [0.05, 0.1) is 11.1 Å². The molecular weight excluding hydrogens is 330 g/mol. The first-order valence-electron chi connectivity index (χ1n) is 7.43. The maximum Gasteiger partial charge on any atom is 0.134 e. The number of halogens is 1. The number of hydrogen-bond acceptors (Lipinski definition) is 3. The summed E-state index contributed by atoms with van der Waals surface area (Å²) in [6, 6.07) is 12.4. The van der Waals surface area contributed by atoms with Crippen molar-refractivity contribution in [1.29, 1.82) is 0 Å².